The van der Waals surface area contributed by atoms with Crippen LogP contribution in [0.5, 0.6) is 5.88 Å². The Bertz CT molecular complexity index is 640. The van der Waals surface area contributed by atoms with Crippen LogP contribution in [0.2, 0.25) is 0 Å². The van der Waals surface area contributed by atoms with E-state index in [9.17, 15) is 4.79 Å². The van der Waals surface area contributed by atoms with Gasteiger partial charge in [0.1, 0.15) is 12.4 Å². The van der Waals surface area contributed by atoms with E-state index in [2.05, 4.69) is 10.2 Å². The number of hydrogen-bond donors (Lipinski definition) is 0. The number of likely N-dealkylation sites (tertiary alicyclic amines) is 1. The van der Waals surface area contributed by atoms with Gasteiger partial charge in [0.05, 0.1) is 18.4 Å². The number of amides is 1. The van der Waals surface area contributed by atoms with Crippen molar-refractivity contribution < 1.29 is 13.9 Å². The normalized spacial score (nSPS) is 17.8. The Morgan fingerprint density at radius 2 is 2.22 bits per heavy atom. The van der Waals surface area contributed by atoms with E-state index in [1.807, 2.05) is 25.1 Å². The molecule has 0 bridgehead atoms. The van der Waals surface area contributed by atoms with Gasteiger partial charge in [-0.05, 0) is 25.0 Å². The molecule has 2 aromatic rings. The molecule has 1 fully saturated rings. The fourth-order valence-corrected chi connectivity index (χ4v) is 2.57. The van der Waals surface area contributed by atoms with Crippen molar-refractivity contribution in [2.24, 2.45) is 0 Å². The van der Waals surface area contributed by atoms with Crippen LogP contribution in [-0.2, 0) is 0 Å². The molecule has 0 aliphatic carbocycles. The van der Waals surface area contributed by atoms with E-state index in [0.29, 0.717) is 18.0 Å². The third-order valence-electron chi connectivity index (χ3n) is 3.81. The average molecular weight is 316 g/mol. The smallest absolute Gasteiger partial charge is 0.257 e. The quantitative estimate of drug-likeness (QED) is 0.857. The van der Waals surface area contributed by atoms with Gasteiger partial charge < -0.3 is 19.0 Å². The molecule has 122 valence electrons. The molecular formula is C16H20N4O3. The van der Waals surface area contributed by atoms with Crippen molar-refractivity contribution in [3.05, 3.63) is 36.3 Å². The molecule has 3 rings (SSSR count). The Morgan fingerprint density at radius 1 is 1.35 bits per heavy atom. The van der Waals surface area contributed by atoms with Crippen molar-refractivity contribution in [3.8, 4) is 5.88 Å². The Kier molecular flexibility index (Phi) is 4.45. The van der Waals surface area contributed by atoms with Crippen molar-refractivity contribution in [1.29, 1.82) is 0 Å². The fourth-order valence-electron chi connectivity index (χ4n) is 2.57. The van der Waals surface area contributed by atoms with E-state index < -0.39 is 0 Å². The Balaban J connectivity index is 1.61. The van der Waals surface area contributed by atoms with Crippen LogP contribution >= 0.6 is 0 Å². The van der Waals surface area contributed by atoms with Gasteiger partial charge in [0.15, 0.2) is 5.82 Å². The predicted molar refractivity (Wildman–Crippen MR) is 84.6 cm³/mol. The Morgan fingerprint density at radius 3 is 2.87 bits per heavy atom. The standard InChI is InChI=1S/C16H20N4O3/c1-19(2)14-5-6-15(18-17-14)23-13-4-3-8-20(10-13)16(21)12-7-9-22-11-12/h5-7,9,11,13H,3-4,8,10H2,1-2H3. The molecule has 1 amide bonds. The van der Waals surface area contributed by atoms with Crippen LogP contribution in [0.1, 0.15) is 23.2 Å². The van der Waals surface area contributed by atoms with Crippen LogP contribution in [0.4, 0.5) is 5.82 Å². The van der Waals surface area contributed by atoms with Crippen molar-refractivity contribution in [2.75, 3.05) is 32.1 Å². The predicted octanol–water partition coefficient (Wildman–Crippen LogP) is 1.82. The van der Waals surface area contributed by atoms with Gasteiger partial charge >= 0.3 is 0 Å². The van der Waals surface area contributed by atoms with Crippen LogP contribution < -0.4 is 9.64 Å². The highest BCUT2D eigenvalue weighted by molar-refractivity contribution is 5.93. The lowest BCUT2D eigenvalue weighted by atomic mass is 10.1. The van der Waals surface area contributed by atoms with Crippen LogP contribution in [-0.4, -0.2) is 54.3 Å². The number of rotatable bonds is 4. The molecule has 23 heavy (non-hydrogen) atoms. The summed E-state index contributed by atoms with van der Waals surface area (Å²) in [5, 5.41) is 8.18. The van der Waals surface area contributed by atoms with Crippen LogP contribution in [0, 0.1) is 0 Å². The lowest BCUT2D eigenvalue weighted by Crippen LogP contribution is -2.44. The highest BCUT2D eigenvalue weighted by atomic mass is 16.5. The second-order valence-corrected chi connectivity index (χ2v) is 5.77. The third-order valence-corrected chi connectivity index (χ3v) is 3.81. The SMILES string of the molecule is CN(C)c1ccc(OC2CCCN(C(=O)c3ccoc3)C2)nn1. The number of piperidine rings is 1. The molecule has 1 atom stereocenters. The van der Waals surface area contributed by atoms with Crippen LogP contribution in [0.25, 0.3) is 0 Å². The van der Waals surface area contributed by atoms with E-state index in [0.717, 1.165) is 25.2 Å². The first kappa shape index (κ1) is 15.3. The minimum Gasteiger partial charge on any atom is -0.472 e. The largest absolute Gasteiger partial charge is 0.472 e. The molecule has 0 saturated carbocycles. The summed E-state index contributed by atoms with van der Waals surface area (Å²) >= 11 is 0. The summed E-state index contributed by atoms with van der Waals surface area (Å²) in [6, 6.07) is 5.34. The molecule has 0 radical (unpaired) electrons. The number of ether oxygens (including phenoxy) is 1. The summed E-state index contributed by atoms with van der Waals surface area (Å²) in [7, 11) is 3.82. The summed E-state index contributed by atoms with van der Waals surface area (Å²) in [5.41, 5.74) is 0.570. The summed E-state index contributed by atoms with van der Waals surface area (Å²) in [6.45, 7) is 1.27. The summed E-state index contributed by atoms with van der Waals surface area (Å²) in [6.07, 6.45) is 4.70. The van der Waals surface area contributed by atoms with Gasteiger partial charge in [0, 0.05) is 26.7 Å². The number of aromatic nitrogens is 2. The van der Waals surface area contributed by atoms with E-state index in [-0.39, 0.29) is 12.0 Å². The number of anilines is 1. The van der Waals surface area contributed by atoms with Crippen LogP contribution in [0.15, 0.2) is 35.1 Å². The van der Waals surface area contributed by atoms with Gasteiger partial charge in [-0.25, -0.2) is 0 Å². The second-order valence-electron chi connectivity index (χ2n) is 5.77. The molecule has 1 saturated heterocycles. The van der Waals surface area contributed by atoms with E-state index in [4.69, 9.17) is 9.15 Å². The maximum Gasteiger partial charge on any atom is 0.257 e. The molecule has 0 N–H and O–H groups in total. The van der Waals surface area contributed by atoms with Gasteiger partial charge in [0.25, 0.3) is 5.91 Å². The zero-order chi connectivity index (χ0) is 16.2. The summed E-state index contributed by atoms with van der Waals surface area (Å²) in [5.74, 6) is 1.23. The minimum atomic E-state index is -0.0703. The molecule has 2 aromatic heterocycles. The highest BCUT2D eigenvalue weighted by Crippen LogP contribution is 2.19. The van der Waals surface area contributed by atoms with Gasteiger partial charge in [-0.15, -0.1) is 10.2 Å². The summed E-state index contributed by atoms with van der Waals surface area (Å²) in [4.78, 5) is 16.0. The zero-order valence-electron chi connectivity index (χ0n) is 13.3. The molecule has 7 heteroatoms. The second kappa shape index (κ2) is 6.68. The fraction of sp³-hybridized carbons (Fsp3) is 0.438. The molecule has 0 aromatic carbocycles. The molecule has 7 nitrogen and oxygen atoms in total. The number of hydrogen-bond acceptors (Lipinski definition) is 6. The lowest BCUT2D eigenvalue weighted by Gasteiger charge is -2.32. The Hall–Kier alpha value is -2.57. The monoisotopic (exact) mass is 316 g/mol. The first-order chi connectivity index (χ1) is 11.1. The minimum absolute atomic E-state index is 0.0268. The Labute approximate surface area is 134 Å². The van der Waals surface area contributed by atoms with Gasteiger partial charge in [-0.1, -0.05) is 0 Å². The number of carbonyl (C=O) groups excluding carboxylic acids is 1. The topological polar surface area (TPSA) is 71.7 Å². The van der Waals surface area contributed by atoms with Gasteiger partial charge in [-0.2, -0.15) is 0 Å². The first-order valence-electron chi connectivity index (χ1n) is 7.62. The molecule has 1 aliphatic rings. The van der Waals surface area contributed by atoms with Crippen LogP contribution in [0.3, 0.4) is 0 Å². The van der Waals surface area contributed by atoms with E-state index in [1.54, 1.807) is 17.0 Å². The molecule has 1 aliphatic heterocycles. The molecular weight excluding hydrogens is 296 g/mol. The third kappa shape index (κ3) is 3.61. The summed E-state index contributed by atoms with van der Waals surface area (Å²) < 4.78 is 10.9. The zero-order valence-corrected chi connectivity index (χ0v) is 13.3. The molecule has 0 spiro atoms. The van der Waals surface area contributed by atoms with Gasteiger partial charge in [0.2, 0.25) is 5.88 Å². The lowest BCUT2D eigenvalue weighted by molar-refractivity contribution is 0.0525. The maximum atomic E-state index is 12.4. The van der Waals surface area contributed by atoms with Gasteiger partial charge in [-0.3, -0.25) is 4.79 Å². The van der Waals surface area contributed by atoms with Crippen molar-refractivity contribution in [2.45, 2.75) is 18.9 Å². The number of nitrogens with zero attached hydrogens (tertiary/aromatic N) is 4. The molecule has 3 heterocycles. The van der Waals surface area contributed by atoms with Crippen molar-refractivity contribution in [1.82, 2.24) is 15.1 Å². The first-order valence-corrected chi connectivity index (χ1v) is 7.62. The number of furan rings is 1. The van der Waals surface area contributed by atoms with E-state index >= 15 is 0 Å². The molecule has 1 unspecified atom stereocenters. The maximum absolute atomic E-state index is 12.4. The highest BCUT2D eigenvalue weighted by Gasteiger charge is 2.26. The van der Waals surface area contributed by atoms with Crippen molar-refractivity contribution >= 4 is 11.7 Å². The number of carbonyl (C=O) groups is 1. The van der Waals surface area contributed by atoms with Crippen molar-refractivity contribution in [3.63, 3.8) is 0 Å². The average Bonchev–Trinajstić information content (AvgIpc) is 3.09. The van der Waals surface area contributed by atoms with E-state index in [1.165, 1.54) is 12.5 Å².